The number of phenolic OH excluding ortho intramolecular Hbond substituents is 1. The van der Waals surface area contributed by atoms with Crippen molar-refractivity contribution >= 4 is 11.6 Å². The van der Waals surface area contributed by atoms with Crippen LogP contribution >= 0.6 is 0 Å². The molecule has 0 unspecified atom stereocenters. The van der Waals surface area contributed by atoms with Crippen molar-refractivity contribution in [3.63, 3.8) is 0 Å². The quantitative estimate of drug-likeness (QED) is 0.522. The molecule has 0 heterocycles. The van der Waals surface area contributed by atoms with Gasteiger partial charge in [-0.3, -0.25) is 4.99 Å². The highest BCUT2D eigenvalue weighted by molar-refractivity contribution is 5.93. The van der Waals surface area contributed by atoms with Gasteiger partial charge in [0.05, 0.1) is 13.7 Å². The zero-order chi connectivity index (χ0) is 19.9. The average Bonchev–Trinajstić information content (AvgIpc) is 2.72. The Hall–Kier alpha value is -2.89. The van der Waals surface area contributed by atoms with Crippen LogP contribution in [0.4, 0.5) is 5.69 Å². The molecular weight excluding hydrogens is 354 g/mol. The summed E-state index contributed by atoms with van der Waals surface area (Å²) < 4.78 is 11.0. The first kappa shape index (κ1) is 19.9. The minimum absolute atomic E-state index is 0.340. The maximum atomic E-state index is 10.4. The number of fused-ring (bicyclic) bond motifs is 1. The Bertz CT molecular complexity index is 849. The number of nitrogens with zero attached hydrogens (tertiary/aromatic N) is 1. The number of phenols is 1. The van der Waals surface area contributed by atoms with E-state index in [-0.39, 0.29) is 0 Å². The fourth-order valence-corrected chi connectivity index (χ4v) is 3.60. The normalized spacial score (nSPS) is 13.6. The van der Waals surface area contributed by atoms with E-state index >= 15 is 0 Å². The molecule has 0 atom stereocenters. The van der Waals surface area contributed by atoms with E-state index in [0.29, 0.717) is 36.4 Å². The summed E-state index contributed by atoms with van der Waals surface area (Å²) in [5.41, 5.74) is 4.43. The number of nitrogens with one attached hydrogen (secondary N) is 2. The molecule has 150 valence electrons. The van der Waals surface area contributed by atoms with Crippen LogP contribution in [0, 0.1) is 0 Å². The average molecular weight is 383 g/mol. The van der Waals surface area contributed by atoms with Crippen LogP contribution in [0.15, 0.2) is 35.3 Å². The van der Waals surface area contributed by atoms with Gasteiger partial charge in [0, 0.05) is 30.9 Å². The predicted octanol–water partition coefficient (Wildman–Crippen LogP) is 3.87. The van der Waals surface area contributed by atoms with Gasteiger partial charge in [-0.25, -0.2) is 0 Å². The lowest BCUT2D eigenvalue weighted by Gasteiger charge is -2.21. The molecule has 6 nitrogen and oxygen atoms in total. The fourth-order valence-electron chi connectivity index (χ4n) is 3.60. The largest absolute Gasteiger partial charge is 0.508 e. The van der Waals surface area contributed by atoms with E-state index in [0.717, 1.165) is 24.1 Å². The number of hydrogen-bond acceptors (Lipinski definition) is 4. The van der Waals surface area contributed by atoms with Crippen molar-refractivity contribution in [2.45, 2.75) is 39.2 Å². The number of guanidine groups is 1. The summed E-state index contributed by atoms with van der Waals surface area (Å²) in [6.07, 6.45) is 4.49. The van der Waals surface area contributed by atoms with Gasteiger partial charge in [0.1, 0.15) is 5.75 Å². The maximum Gasteiger partial charge on any atom is 0.195 e. The molecule has 0 radical (unpaired) electrons. The molecule has 0 saturated heterocycles. The number of rotatable bonds is 6. The number of ether oxygens (including phenoxy) is 2. The zero-order valence-corrected chi connectivity index (χ0v) is 16.8. The van der Waals surface area contributed by atoms with Gasteiger partial charge < -0.3 is 25.2 Å². The minimum Gasteiger partial charge on any atom is -0.508 e. The first-order valence-electron chi connectivity index (χ1n) is 9.77. The standard InChI is InChI=1S/C22H29N3O3/c1-4-28-21-13-16(10-12-20(21)27-3)25-22(23-2)24-14-18-17-8-6-5-7-15(17)9-11-19(18)26/h9-13,26H,4-8,14H2,1-3H3,(H2,23,24,25). The third kappa shape index (κ3) is 4.50. The monoisotopic (exact) mass is 383 g/mol. The van der Waals surface area contributed by atoms with E-state index in [1.807, 2.05) is 31.2 Å². The summed E-state index contributed by atoms with van der Waals surface area (Å²) in [7, 11) is 3.35. The smallest absolute Gasteiger partial charge is 0.195 e. The van der Waals surface area contributed by atoms with Gasteiger partial charge in [0.25, 0.3) is 0 Å². The Morgan fingerprint density at radius 3 is 2.71 bits per heavy atom. The minimum atomic E-state index is 0.340. The van der Waals surface area contributed by atoms with Crippen molar-refractivity contribution in [2.24, 2.45) is 4.99 Å². The van der Waals surface area contributed by atoms with Crippen molar-refractivity contribution in [1.82, 2.24) is 5.32 Å². The second-order valence-corrected chi connectivity index (χ2v) is 6.76. The lowest BCUT2D eigenvalue weighted by molar-refractivity contribution is 0.311. The summed E-state index contributed by atoms with van der Waals surface area (Å²) in [4.78, 5) is 4.30. The molecule has 3 N–H and O–H groups in total. The highest BCUT2D eigenvalue weighted by atomic mass is 16.5. The van der Waals surface area contributed by atoms with Gasteiger partial charge >= 0.3 is 0 Å². The van der Waals surface area contributed by atoms with Crippen LogP contribution in [-0.2, 0) is 19.4 Å². The molecule has 2 aromatic rings. The van der Waals surface area contributed by atoms with Crippen LogP contribution in [0.1, 0.15) is 36.5 Å². The number of aryl methyl sites for hydroxylation is 1. The molecule has 1 aliphatic rings. The van der Waals surface area contributed by atoms with Crippen LogP contribution in [0.3, 0.4) is 0 Å². The zero-order valence-electron chi connectivity index (χ0n) is 16.8. The molecule has 0 spiro atoms. The molecule has 0 saturated carbocycles. The van der Waals surface area contributed by atoms with Gasteiger partial charge in [-0.2, -0.15) is 0 Å². The van der Waals surface area contributed by atoms with E-state index < -0.39 is 0 Å². The molecule has 0 fully saturated rings. The van der Waals surface area contributed by atoms with Crippen molar-refractivity contribution in [3.8, 4) is 17.2 Å². The molecule has 1 aliphatic carbocycles. The van der Waals surface area contributed by atoms with Gasteiger partial charge in [-0.05, 0) is 61.9 Å². The second-order valence-electron chi connectivity index (χ2n) is 6.76. The summed E-state index contributed by atoms with van der Waals surface area (Å²) in [5.74, 6) is 2.34. The number of aromatic hydroxyl groups is 1. The Morgan fingerprint density at radius 1 is 1.14 bits per heavy atom. The highest BCUT2D eigenvalue weighted by Gasteiger charge is 2.16. The highest BCUT2D eigenvalue weighted by Crippen LogP contribution is 2.31. The van der Waals surface area contributed by atoms with Gasteiger partial charge in [0.2, 0.25) is 0 Å². The lowest BCUT2D eigenvalue weighted by atomic mass is 9.88. The van der Waals surface area contributed by atoms with Gasteiger partial charge in [0.15, 0.2) is 17.5 Å². The first-order valence-corrected chi connectivity index (χ1v) is 9.77. The maximum absolute atomic E-state index is 10.4. The molecule has 0 amide bonds. The first-order chi connectivity index (χ1) is 13.7. The number of aliphatic imine (C=N–C) groups is 1. The van der Waals surface area contributed by atoms with Gasteiger partial charge in [-0.15, -0.1) is 0 Å². The van der Waals surface area contributed by atoms with Crippen LogP contribution in [-0.4, -0.2) is 31.8 Å². The molecule has 0 aliphatic heterocycles. The molecule has 28 heavy (non-hydrogen) atoms. The molecular formula is C22H29N3O3. The SMILES string of the molecule is CCOc1cc(NC(=NC)NCc2c(O)ccc3c2CCCC3)ccc1OC. The van der Waals surface area contributed by atoms with E-state index in [9.17, 15) is 5.11 Å². The van der Waals surface area contributed by atoms with E-state index in [1.54, 1.807) is 20.2 Å². The van der Waals surface area contributed by atoms with E-state index in [1.165, 1.54) is 24.0 Å². The number of hydrogen-bond donors (Lipinski definition) is 3. The van der Waals surface area contributed by atoms with Crippen molar-refractivity contribution in [3.05, 3.63) is 47.0 Å². The van der Waals surface area contributed by atoms with Crippen LogP contribution in [0.2, 0.25) is 0 Å². The summed E-state index contributed by atoms with van der Waals surface area (Å²) >= 11 is 0. The second kappa shape index (κ2) is 9.35. The topological polar surface area (TPSA) is 75.1 Å². The molecule has 0 bridgehead atoms. The summed E-state index contributed by atoms with van der Waals surface area (Å²) in [5, 5.41) is 16.9. The number of benzene rings is 2. The number of methoxy groups -OCH3 is 1. The number of anilines is 1. The van der Waals surface area contributed by atoms with Crippen LogP contribution in [0.25, 0.3) is 0 Å². The lowest BCUT2D eigenvalue weighted by Crippen LogP contribution is -2.30. The van der Waals surface area contributed by atoms with Crippen LogP contribution in [0.5, 0.6) is 17.2 Å². The molecule has 2 aromatic carbocycles. The Labute approximate surface area is 166 Å². The van der Waals surface area contributed by atoms with Crippen molar-refractivity contribution in [1.29, 1.82) is 0 Å². The van der Waals surface area contributed by atoms with E-state index in [4.69, 9.17) is 9.47 Å². The summed E-state index contributed by atoms with van der Waals surface area (Å²) in [6.45, 7) is 3.02. The summed E-state index contributed by atoms with van der Waals surface area (Å²) in [6, 6.07) is 9.51. The van der Waals surface area contributed by atoms with Crippen molar-refractivity contribution in [2.75, 3.05) is 26.1 Å². The Morgan fingerprint density at radius 2 is 1.96 bits per heavy atom. The van der Waals surface area contributed by atoms with Crippen LogP contribution < -0.4 is 20.1 Å². The van der Waals surface area contributed by atoms with Crippen molar-refractivity contribution < 1.29 is 14.6 Å². The third-order valence-corrected chi connectivity index (χ3v) is 5.01. The fraction of sp³-hybridized carbons (Fsp3) is 0.409. The Kier molecular flexibility index (Phi) is 6.63. The third-order valence-electron chi connectivity index (χ3n) is 5.01. The molecule has 3 rings (SSSR count). The van der Waals surface area contributed by atoms with E-state index in [2.05, 4.69) is 15.6 Å². The Balaban J connectivity index is 1.72. The molecule has 0 aromatic heterocycles. The predicted molar refractivity (Wildman–Crippen MR) is 113 cm³/mol. The van der Waals surface area contributed by atoms with Gasteiger partial charge in [-0.1, -0.05) is 6.07 Å². The molecule has 6 heteroatoms.